The average molecular weight is 228 g/mol. The van der Waals surface area contributed by atoms with Gasteiger partial charge in [-0.25, -0.2) is 4.39 Å². The molecule has 88 valence electrons. The summed E-state index contributed by atoms with van der Waals surface area (Å²) in [7, 11) is 0. The molecule has 0 saturated heterocycles. The molecule has 2 N–H and O–H groups in total. The molecule has 0 aliphatic carbocycles. The minimum absolute atomic E-state index is 0.102. The Balaban J connectivity index is 2.91. The lowest BCUT2D eigenvalue weighted by Crippen LogP contribution is -2.29. The predicted molar refractivity (Wildman–Crippen MR) is 58.2 cm³/mol. The highest BCUT2D eigenvalue weighted by Crippen LogP contribution is 2.23. The van der Waals surface area contributed by atoms with Crippen LogP contribution < -0.4 is 4.90 Å². The number of rotatable bonds is 6. The van der Waals surface area contributed by atoms with Crippen molar-refractivity contribution in [1.82, 2.24) is 0 Å². The molecule has 0 spiro atoms. The fraction of sp³-hybridized carbons (Fsp3) is 0.400. The Labute approximate surface area is 92.1 Å². The van der Waals surface area contributed by atoms with Gasteiger partial charge >= 0.3 is 0 Å². The lowest BCUT2D eigenvalue weighted by Gasteiger charge is -2.22. The molecule has 0 aliphatic heterocycles. The summed E-state index contributed by atoms with van der Waals surface area (Å²) in [5.74, 6) is -0.714. The Morgan fingerprint density at radius 1 is 1.25 bits per heavy atom. The van der Waals surface area contributed by atoms with E-state index in [1.54, 1.807) is 4.90 Å². The first-order valence-corrected chi connectivity index (χ1v) is 4.82. The monoisotopic (exact) mass is 228 g/mol. The summed E-state index contributed by atoms with van der Waals surface area (Å²) in [6.07, 6.45) is 0. The van der Waals surface area contributed by atoms with Crippen LogP contribution in [-0.2, 0) is 0 Å². The Bertz CT molecular complexity index is 354. The van der Waals surface area contributed by atoms with E-state index in [1.807, 2.05) is 0 Å². The molecule has 6 heteroatoms. The van der Waals surface area contributed by atoms with Crippen LogP contribution >= 0.6 is 0 Å². The van der Waals surface area contributed by atoms with E-state index in [-0.39, 0.29) is 32.0 Å². The maximum Gasteiger partial charge on any atom is 0.154 e. The lowest BCUT2D eigenvalue weighted by molar-refractivity contribution is 0.281. The molecule has 0 fully saturated rings. The van der Waals surface area contributed by atoms with Gasteiger partial charge in [-0.05, 0) is 23.4 Å². The number of halogens is 1. The van der Waals surface area contributed by atoms with Crippen molar-refractivity contribution in [2.45, 2.75) is 0 Å². The number of hydrogen-bond acceptors (Lipinski definition) is 5. The van der Waals surface area contributed by atoms with Crippen LogP contribution in [0.15, 0.2) is 23.4 Å². The number of aliphatic hydroxyl groups is 2. The van der Waals surface area contributed by atoms with Crippen LogP contribution in [0.4, 0.5) is 15.8 Å². The third kappa shape index (κ3) is 2.98. The summed E-state index contributed by atoms with van der Waals surface area (Å²) in [6.45, 7) is 0.367. The largest absolute Gasteiger partial charge is 0.395 e. The Morgan fingerprint density at radius 2 is 1.88 bits per heavy atom. The molecule has 0 aromatic heterocycles. The quantitative estimate of drug-likeness (QED) is 0.713. The van der Waals surface area contributed by atoms with Crippen molar-refractivity contribution in [3.63, 3.8) is 0 Å². The zero-order valence-electron chi connectivity index (χ0n) is 8.64. The molecule has 16 heavy (non-hydrogen) atoms. The molecule has 0 bridgehead atoms. The Hall–Kier alpha value is -1.53. The van der Waals surface area contributed by atoms with Gasteiger partial charge in [0.05, 0.1) is 13.2 Å². The van der Waals surface area contributed by atoms with Gasteiger partial charge < -0.3 is 15.1 Å². The van der Waals surface area contributed by atoms with E-state index in [9.17, 15) is 9.30 Å². The smallest absolute Gasteiger partial charge is 0.154 e. The van der Waals surface area contributed by atoms with Gasteiger partial charge in [-0.2, -0.15) is 0 Å². The minimum atomic E-state index is -0.714. The summed E-state index contributed by atoms with van der Waals surface area (Å²) in [5, 5.41) is 20.1. The fourth-order valence-corrected chi connectivity index (χ4v) is 1.38. The third-order valence-electron chi connectivity index (χ3n) is 2.13. The van der Waals surface area contributed by atoms with Gasteiger partial charge in [0.25, 0.3) is 0 Å². The Morgan fingerprint density at radius 3 is 2.31 bits per heavy atom. The predicted octanol–water partition coefficient (Wildman–Crippen LogP) is 1.01. The van der Waals surface area contributed by atoms with Crippen LogP contribution in [0.1, 0.15) is 0 Å². The maximum atomic E-state index is 13.2. The van der Waals surface area contributed by atoms with Crippen LogP contribution in [-0.4, -0.2) is 36.5 Å². The van der Waals surface area contributed by atoms with Crippen molar-refractivity contribution in [1.29, 1.82) is 0 Å². The summed E-state index contributed by atoms with van der Waals surface area (Å²) < 4.78 is 13.2. The van der Waals surface area contributed by atoms with E-state index in [2.05, 4.69) is 5.18 Å². The maximum absolute atomic E-state index is 13.2. The van der Waals surface area contributed by atoms with Crippen molar-refractivity contribution in [3.8, 4) is 0 Å². The normalized spacial score (nSPS) is 10.2. The average Bonchev–Trinajstić information content (AvgIpc) is 2.28. The minimum Gasteiger partial charge on any atom is -0.395 e. The van der Waals surface area contributed by atoms with E-state index < -0.39 is 5.82 Å². The number of nitrogens with zero attached hydrogens (tertiary/aromatic N) is 2. The Kier molecular flexibility index (Phi) is 4.81. The van der Waals surface area contributed by atoms with E-state index in [0.29, 0.717) is 5.69 Å². The second kappa shape index (κ2) is 6.14. The molecule has 1 aromatic rings. The lowest BCUT2D eigenvalue weighted by atomic mass is 10.2. The van der Waals surface area contributed by atoms with Crippen molar-refractivity contribution in [3.05, 3.63) is 28.9 Å². The SMILES string of the molecule is O=Nc1ccc(N(CCO)CCO)cc1F. The molecule has 0 unspecified atom stereocenters. The standard InChI is InChI=1S/C10H13FN2O3/c11-9-7-8(1-2-10(9)12-16)13(3-5-14)4-6-15/h1-2,7,14-15H,3-6H2. The summed E-state index contributed by atoms with van der Waals surface area (Å²) in [4.78, 5) is 11.8. The van der Waals surface area contributed by atoms with Crippen LogP contribution in [0, 0.1) is 10.7 Å². The van der Waals surface area contributed by atoms with E-state index >= 15 is 0 Å². The molecule has 0 heterocycles. The number of benzene rings is 1. The first-order chi connectivity index (χ1) is 7.72. The number of hydrogen-bond donors (Lipinski definition) is 2. The number of anilines is 1. The summed E-state index contributed by atoms with van der Waals surface area (Å²) in [5.41, 5.74) is 0.240. The first-order valence-electron chi connectivity index (χ1n) is 4.82. The van der Waals surface area contributed by atoms with Gasteiger partial charge in [-0.1, -0.05) is 0 Å². The molecular weight excluding hydrogens is 215 g/mol. The topological polar surface area (TPSA) is 73.1 Å². The highest BCUT2D eigenvalue weighted by Gasteiger charge is 2.09. The zero-order valence-corrected chi connectivity index (χ0v) is 8.64. The van der Waals surface area contributed by atoms with Gasteiger partial charge in [-0.15, -0.1) is 4.91 Å². The summed E-state index contributed by atoms with van der Waals surface area (Å²) >= 11 is 0. The number of nitroso groups, excluding NO2 is 1. The molecule has 0 saturated carbocycles. The highest BCUT2D eigenvalue weighted by atomic mass is 19.1. The van der Waals surface area contributed by atoms with Gasteiger partial charge in [0.2, 0.25) is 0 Å². The van der Waals surface area contributed by atoms with Crippen LogP contribution in [0.2, 0.25) is 0 Å². The van der Waals surface area contributed by atoms with Gasteiger partial charge in [0.15, 0.2) is 5.82 Å². The van der Waals surface area contributed by atoms with E-state index in [4.69, 9.17) is 10.2 Å². The molecule has 1 aromatic carbocycles. The van der Waals surface area contributed by atoms with Crippen LogP contribution in [0.3, 0.4) is 0 Å². The molecule has 0 atom stereocenters. The molecule has 0 radical (unpaired) electrons. The fourth-order valence-electron chi connectivity index (χ4n) is 1.38. The second-order valence-electron chi connectivity index (χ2n) is 3.16. The third-order valence-corrected chi connectivity index (χ3v) is 2.13. The number of aliphatic hydroxyl groups excluding tert-OH is 2. The van der Waals surface area contributed by atoms with Crippen molar-refractivity contribution in [2.24, 2.45) is 5.18 Å². The van der Waals surface area contributed by atoms with Gasteiger partial charge in [0.1, 0.15) is 5.69 Å². The van der Waals surface area contributed by atoms with Crippen molar-refractivity contribution >= 4 is 11.4 Å². The van der Waals surface area contributed by atoms with Crippen molar-refractivity contribution in [2.75, 3.05) is 31.2 Å². The highest BCUT2D eigenvalue weighted by molar-refractivity contribution is 5.53. The van der Waals surface area contributed by atoms with E-state index in [0.717, 1.165) is 6.07 Å². The van der Waals surface area contributed by atoms with Crippen molar-refractivity contribution < 1.29 is 14.6 Å². The van der Waals surface area contributed by atoms with Crippen LogP contribution in [0.5, 0.6) is 0 Å². The first kappa shape index (κ1) is 12.5. The van der Waals surface area contributed by atoms with E-state index in [1.165, 1.54) is 12.1 Å². The molecule has 5 nitrogen and oxygen atoms in total. The van der Waals surface area contributed by atoms with Gasteiger partial charge in [-0.3, -0.25) is 0 Å². The molecule has 0 amide bonds. The summed E-state index contributed by atoms with van der Waals surface area (Å²) in [6, 6.07) is 3.94. The molecule has 1 rings (SSSR count). The van der Waals surface area contributed by atoms with Gasteiger partial charge in [0, 0.05) is 18.8 Å². The molecular formula is C10H13FN2O3. The second-order valence-corrected chi connectivity index (χ2v) is 3.16. The molecule has 0 aliphatic rings. The van der Waals surface area contributed by atoms with Crippen LogP contribution in [0.25, 0.3) is 0 Å². The zero-order chi connectivity index (χ0) is 12.0.